The van der Waals surface area contributed by atoms with Crippen molar-refractivity contribution in [2.45, 2.75) is 30.3 Å². The molecule has 3 unspecified atom stereocenters. The van der Waals surface area contributed by atoms with E-state index in [0.29, 0.717) is 12.3 Å². The van der Waals surface area contributed by atoms with Crippen molar-refractivity contribution in [2.75, 3.05) is 19.6 Å². The summed E-state index contributed by atoms with van der Waals surface area (Å²) in [5, 5.41) is 12.6. The first-order valence-electron chi connectivity index (χ1n) is 5.63. The van der Waals surface area contributed by atoms with E-state index in [9.17, 15) is 10.1 Å². The summed E-state index contributed by atoms with van der Waals surface area (Å²) >= 11 is 0. The minimum Gasteiger partial charge on any atom is -0.315 e. The van der Waals surface area contributed by atoms with Gasteiger partial charge in [-0.1, -0.05) is 0 Å². The van der Waals surface area contributed by atoms with Gasteiger partial charge in [-0.05, 0) is 31.7 Å². The number of nitriles is 1. The van der Waals surface area contributed by atoms with Gasteiger partial charge >= 0.3 is 0 Å². The van der Waals surface area contributed by atoms with Gasteiger partial charge in [0.05, 0.1) is 6.07 Å². The van der Waals surface area contributed by atoms with Gasteiger partial charge in [0.15, 0.2) is 11.8 Å². The van der Waals surface area contributed by atoms with Crippen LogP contribution in [0.15, 0.2) is 0 Å². The number of fused-ring (bicyclic) bond motifs is 1. The van der Waals surface area contributed by atoms with E-state index >= 15 is 0 Å². The SMILES string of the molecule is N#CC1(C=O)CCCN1C12CNCC1C2. The molecule has 3 rings (SSSR count). The summed E-state index contributed by atoms with van der Waals surface area (Å²) in [5.41, 5.74) is -0.673. The van der Waals surface area contributed by atoms with Crippen LogP contribution < -0.4 is 5.32 Å². The molecule has 0 aromatic heterocycles. The van der Waals surface area contributed by atoms with Crippen LogP contribution >= 0.6 is 0 Å². The number of carbonyl (C=O) groups excluding carboxylic acids is 1. The van der Waals surface area contributed by atoms with Crippen molar-refractivity contribution in [3.8, 4) is 6.07 Å². The van der Waals surface area contributed by atoms with Crippen molar-refractivity contribution >= 4 is 6.29 Å². The van der Waals surface area contributed by atoms with E-state index in [1.165, 1.54) is 0 Å². The van der Waals surface area contributed by atoms with Crippen molar-refractivity contribution in [1.29, 1.82) is 5.26 Å². The zero-order valence-corrected chi connectivity index (χ0v) is 8.70. The van der Waals surface area contributed by atoms with Crippen LogP contribution in [0.2, 0.25) is 0 Å². The molecule has 0 bridgehead atoms. The molecule has 0 amide bonds. The summed E-state index contributed by atoms with van der Waals surface area (Å²) in [4.78, 5) is 13.4. The number of carbonyl (C=O) groups is 1. The fourth-order valence-electron chi connectivity index (χ4n) is 3.46. The molecule has 0 aromatic rings. The predicted molar refractivity (Wildman–Crippen MR) is 54.1 cm³/mol. The number of piperidine rings is 1. The third-order valence-electron chi connectivity index (χ3n) is 4.37. The molecule has 1 saturated carbocycles. The number of likely N-dealkylation sites (tertiary alicyclic amines) is 1. The molecule has 0 radical (unpaired) electrons. The van der Waals surface area contributed by atoms with Crippen molar-refractivity contribution in [1.82, 2.24) is 10.2 Å². The Kier molecular flexibility index (Phi) is 1.74. The average Bonchev–Trinajstić information content (AvgIpc) is 2.69. The van der Waals surface area contributed by atoms with Gasteiger partial charge in [0.1, 0.15) is 0 Å². The highest BCUT2D eigenvalue weighted by molar-refractivity contribution is 5.70. The molecule has 2 aliphatic heterocycles. The molecule has 0 aromatic carbocycles. The number of rotatable bonds is 2. The lowest BCUT2D eigenvalue weighted by Crippen LogP contribution is -2.53. The molecule has 4 nitrogen and oxygen atoms in total. The number of hydrogen-bond acceptors (Lipinski definition) is 4. The van der Waals surface area contributed by atoms with Crippen LogP contribution in [-0.2, 0) is 4.79 Å². The molecule has 3 aliphatic rings. The normalized spacial score (nSPS) is 48.6. The smallest absolute Gasteiger partial charge is 0.165 e. The van der Waals surface area contributed by atoms with Gasteiger partial charge in [0.25, 0.3) is 0 Å². The standard InChI is InChI=1S/C11H15N3O/c12-6-10(8-15)2-1-3-14(10)11-4-9(11)5-13-7-11/h8-9,13H,1-5,7H2. The first-order chi connectivity index (χ1) is 7.27. The summed E-state index contributed by atoms with van der Waals surface area (Å²) in [6, 6.07) is 2.24. The highest BCUT2D eigenvalue weighted by Gasteiger charge is 2.66. The highest BCUT2D eigenvalue weighted by atomic mass is 16.1. The maximum absolute atomic E-state index is 11.2. The quantitative estimate of drug-likeness (QED) is 0.640. The first-order valence-corrected chi connectivity index (χ1v) is 5.63. The Balaban J connectivity index is 1.93. The number of nitrogens with zero attached hydrogens (tertiary/aromatic N) is 2. The Labute approximate surface area is 89.2 Å². The summed E-state index contributed by atoms with van der Waals surface area (Å²) < 4.78 is 0. The van der Waals surface area contributed by atoms with E-state index in [1.54, 1.807) is 0 Å². The van der Waals surface area contributed by atoms with E-state index in [2.05, 4.69) is 16.3 Å². The van der Waals surface area contributed by atoms with Crippen LogP contribution in [0.25, 0.3) is 0 Å². The first kappa shape index (κ1) is 9.32. The Morgan fingerprint density at radius 2 is 2.47 bits per heavy atom. The van der Waals surface area contributed by atoms with Crippen LogP contribution in [0.3, 0.4) is 0 Å². The maximum Gasteiger partial charge on any atom is 0.165 e. The fraction of sp³-hybridized carbons (Fsp3) is 0.818. The topological polar surface area (TPSA) is 56.1 Å². The van der Waals surface area contributed by atoms with Gasteiger partial charge in [-0.3, -0.25) is 4.90 Å². The monoisotopic (exact) mass is 205 g/mol. The van der Waals surface area contributed by atoms with Crippen molar-refractivity contribution in [3.63, 3.8) is 0 Å². The largest absolute Gasteiger partial charge is 0.315 e. The molecule has 2 heterocycles. The lowest BCUT2D eigenvalue weighted by Gasteiger charge is -2.34. The molecular weight excluding hydrogens is 190 g/mol. The molecule has 15 heavy (non-hydrogen) atoms. The van der Waals surface area contributed by atoms with Gasteiger partial charge in [-0.15, -0.1) is 0 Å². The van der Waals surface area contributed by atoms with E-state index < -0.39 is 5.54 Å². The second-order valence-electron chi connectivity index (χ2n) is 5.04. The Morgan fingerprint density at radius 1 is 1.60 bits per heavy atom. The summed E-state index contributed by atoms with van der Waals surface area (Å²) in [6.07, 6.45) is 3.71. The van der Waals surface area contributed by atoms with Gasteiger partial charge in [-0.25, -0.2) is 0 Å². The number of nitrogens with one attached hydrogen (secondary N) is 1. The second-order valence-corrected chi connectivity index (χ2v) is 5.04. The van der Waals surface area contributed by atoms with Gasteiger partial charge in [-0.2, -0.15) is 5.26 Å². The third-order valence-corrected chi connectivity index (χ3v) is 4.37. The Hall–Kier alpha value is -0.920. The molecule has 1 N–H and O–H groups in total. The van der Waals surface area contributed by atoms with Crippen molar-refractivity contribution in [2.24, 2.45) is 5.92 Å². The highest BCUT2D eigenvalue weighted by Crippen LogP contribution is 2.55. The molecule has 4 heteroatoms. The van der Waals surface area contributed by atoms with Crippen LogP contribution in [0.4, 0.5) is 0 Å². The van der Waals surface area contributed by atoms with Gasteiger partial charge in [0, 0.05) is 18.6 Å². The van der Waals surface area contributed by atoms with Gasteiger partial charge in [0.2, 0.25) is 0 Å². The summed E-state index contributed by atoms with van der Waals surface area (Å²) in [5.74, 6) is 0.670. The molecule has 2 saturated heterocycles. The van der Waals surface area contributed by atoms with E-state index in [1.807, 2.05) is 0 Å². The lowest BCUT2D eigenvalue weighted by molar-refractivity contribution is -0.115. The van der Waals surface area contributed by atoms with Crippen molar-refractivity contribution < 1.29 is 4.79 Å². The minimum atomic E-state index is -0.819. The Bertz CT molecular complexity index is 350. The molecular formula is C11H15N3O. The molecule has 3 atom stereocenters. The van der Waals surface area contributed by atoms with Crippen LogP contribution in [0, 0.1) is 17.2 Å². The minimum absolute atomic E-state index is 0.146. The summed E-state index contributed by atoms with van der Waals surface area (Å²) in [7, 11) is 0. The maximum atomic E-state index is 11.2. The average molecular weight is 205 g/mol. The second kappa shape index (κ2) is 2.81. The molecule has 0 spiro atoms. The van der Waals surface area contributed by atoms with Gasteiger partial charge < -0.3 is 10.1 Å². The molecule has 1 aliphatic carbocycles. The summed E-state index contributed by atoms with van der Waals surface area (Å²) in [6.45, 7) is 2.91. The van der Waals surface area contributed by atoms with E-state index in [0.717, 1.165) is 38.8 Å². The Morgan fingerprint density at radius 3 is 3.00 bits per heavy atom. The lowest BCUT2D eigenvalue weighted by atomic mass is 9.98. The zero-order valence-electron chi connectivity index (χ0n) is 8.70. The number of hydrogen-bond donors (Lipinski definition) is 1. The zero-order chi connectivity index (χ0) is 10.5. The number of aldehydes is 1. The fourth-order valence-corrected chi connectivity index (χ4v) is 3.46. The third kappa shape index (κ3) is 1.000. The molecule has 3 fully saturated rings. The predicted octanol–water partition coefficient (Wildman–Crippen LogP) is -0.0946. The van der Waals surface area contributed by atoms with Crippen molar-refractivity contribution in [3.05, 3.63) is 0 Å². The van der Waals surface area contributed by atoms with Crippen LogP contribution in [0.5, 0.6) is 0 Å². The van der Waals surface area contributed by atoms with E-state index in [4.69, 9.17) is 0 Å². The molecule has 80 valence electrons. The van der Waals surface area contributed by atoms with Crippen LogP contribution in [0.1, 0.15) is 19.3 Å². The van der Waals surface area contributed by atoms with Crippen LogP contribution in [-0.4, -0.2) is 41.9 Å². The van der Waals surface area contributed by atoms with E-state index in [-0.39, 0.29) is 5.54 Å².